The summed E-state index contributed by atoms with van der Waals surface area (Å²) in [6.07, 6.45) is 2.53. The molecule has 0 radical (unpaired) electrons. The Labute approximate surface area is 109 Å². The molecule has 0 bridgehead atoms. The second-order valence-electron chi connectivity index (χ2n) is 4.03. The molecule has 3 N–H and O–H groups in total. The lowest BCUT2D eigenvalue weighted by Crippen LogP contribution is -2.00. The molecule has 0 amide bonds. The highest BCUT2D eigenvalue weighted by atomic mass is 16.6. The molecule has 0 atom stereocenters. The fourth-order valence-electron chi connectivity index (χ4n) is 1.74. The highest BCUT2D eigenvalue weighted by Crippen LogP contribution is 2.23. The van der Waals surface area contributed by atoms with Crippen molar-refractivity contribution in [2.75, 3.05) is 11.1 Å². The van der Waals surface area contributed by atoms with Gasteiger partial charge in [0.1, 0.15) is 11.6 Å². The van der Waals surface area contributed by atoms with Gasteiger partial charge in [-0.3, -0.25) is 14.8 Å². The number of hydrogen-bond donors (Lipinski definition) is 2. The predicted octanol–water partition coefficient (Wildman–Crippen LogP) is 1.61. The van der Waals surface area contributed by atoms with Gasteiger partial charge in [0.15, 0.2) is 0 Å². The molecule has 2 rings (SSSR count). The first kappa shape index (κ1) is 12.8. The maximum atomic E-state index is 10.8. The molecule has 0 fully saturated rings. The fraction of sp³-hybridized carbons (Fsp3) is 0.273. The summed E-state index contributed by atoms with van der Waals surface area (Å²) in [5.74, 6) is 0.424. The molecule has 0 aliphatic rings. The summed E-state index contributed by atoms with van der Waals surface area (Å²) in [5.41, 5.74) is 7.07. The zero-order valence-corrected chi connectivity index (χ0v) is 10.6. The van der Waals surface area contributed by atoms with E-state index in [1.54, 1.807) is 17.9 Å². The number of nitrogen functional groups attached to an aromatic ring is 1. The van der Waals surface area contributed by atoms with Gasteiger partial charge in [0.2, 0.25) is 0 Å². The molecule has 0 saturated carbocycles. The van der Waals surface area contributed by atoms with Gasteiger partial charge >= 0.3 is 0 Å². The van der Waals surface area contributed by atoms with Gasteiger partial charge in [-0.2, -0.15) is 5.10 Å². The Morgan fingerprint density at radius 1 is 1.53 bits per heavy atom. The lowest BCUT2D eigenvalue weighted by Gasteiger charge is -2.05. The van der Waals surface area contributed by atoms with E-state index in [9.17, 15) is 10.1 Å². The molecule has 19 heavy (non-hydrogen) atoms. The van der Waals surface area contributed by atoms with Crippen LogP contribution in [-0.2, 0) is 13.5 Å². The largest absolute Gasteiger partial charge is 0.383 e. The molecule has 0 aliphatic heterocycles. The Kier molecular flexibility index (Phi) is 3.32. The first-order chi connectivity index (χ1) is 8.99. The molecule has 0 saturated heterocycles. The summed E-state index contributed by atoms with van der Waals surface area (Å²) in [4.78, 5) is 14.3. The van der Waals surface area contributed by atoms with Crippen molar-refractivity contribution in [3.63, 3.8) is 0 Å². The first-order valence-corrected chi connectivity index (χ1v) is 5.71. The summed E-state index contributed by atoms with van der Waals surface area (Å²) in [5, 5.41) is 18.0. The Morgan fingerprint density at radius 3 is 2.89 bits per heavy atom. The van der Waals surface area contributed by atoms with Crippen molar-refractivity contribution in [2.24, 2.45) is 7.05 Å². The van der Waals surface area contributed by atoms with E-state index < -0.39 is 4.92 Å². The maximum Gasteiger partial charge on any atom is 0.276 e. The zero-order valence-electron chi connectivity index (χ0n) is 10.6. The molecule has 0 aromatic carbocycles. The SMILES string of the molecule is CCc1nn(C)cc1Nc1cc([N+](=O)[O-])cc(N)n1. The monoisotopic (exact) mass is 262 g/mol. The van der Waals surface area contributed by atoms with Crippen LogP contribution in [0.5, 0.6) is 0 Å². The standard InChI is InChI=1S/C11H14N6O2/c1-3-8-9(6-16(2)15-8)13-11-5-7(17(18)19)4-10(12)14-11/h4-6H,3H2,1-2H3,(H3,12,13,14). The van der Waals surface area contributed by atoms with Gasteiger partial charge in [-0.05, 0) is 6.42 Å². The van der Waals surface area contributed by atoms with Gasteiger partial charge < -0.3 is 11.1 Å². The molecular formula is C11H14N6O2. The first-order valence-electron chi connectivity index (χ1n) is 5.71. The lowest BCUT2D eigenvalue weighted by molar-refractivity contribution is -0.384. The molecule has 2 heterocycles. The van der Waals surface area contributed by atoms with Crippen LogP contribution < -0.4 is 11.1 Å². The number of pyridine rings is 1. The third-order valence-electron chi connectivity index (χ3n) is 2.54. The van der Waals surface area contributed by atoms with Crippen LogP contribution in [0.25, 0.3) is 0 Å². The number of rotatable bonds is 4. The van der Waals surface area contributed by atoms with E-state index in [2.05, 4.69) is 15.4 Å². The van der Waals surface area contributed by atoms with Crippen molar-refractivity contribution in [3.8, 4) is 0 Å². The van der Waals surface area contributed by atoms with E-state index in [1.165, 1.54) is 12.1 Å². The van der Waals surface area contributed by atoms with Crippen molar-refractivity contribution in [1.82, 2.24) is 14.8 Å². The second-order valence-corrected chi connectivity index (χ2v) is 4.03. The van der Waals surface area contributed by atoms with Crippen molar-refractivity contribution in [2.45, 2.75) is 13.3 Å². The van der Waals surface area contributed by atoms with E-state index in [-0.39, 0.29) is 11.5 Å². The summed E-state index contributed by atoms with van der Waals surface area (Å²) in [6, 6.07) is 2.55. The van der Waals surface area contributed by atoms with Crippen molar-refractivity contribution in [3.05, 3.63) is 34.1 Å². The van der Waals surface area contributed by atoms with Crippen molar-refractivity contribution in [1.29, 1.82) is 0 Å². The fourth-order valence-corrected chi connectivity index (χ4v) is 1.74. The van der Waals surface area contributed by atoms with Gasteiger partial charge in [0.25, 0.3) is 5.69 Å². The number of nitrogens with one attached hydrogen (secondary N) is 1. The van der Waals surface area contributed by atoms with E-state index >= 15 is 0 Å². The molecule has 0 unspecified atom stereocenters. The Hall–Kier alpha value is -2.64. The predicted molar refractivity (Wildman–Crippen MR) is 71.2 cm³/mol. The molecule has 2 aromatic rings. The zero-order chi connectivity index (χ0) is 14.0. The van der Waals surface area contributed by atoms with E-state index in [1.807, 2.05) is 6.92 Å². The molecule has 2 aromatic heterocycles. The number of anilines is 3. The molecule has 0 spiro atoms. The van der Waals surface area contributed by atoms with Crippen molar-refractivity contribution >= 4 is 23.0 Å². The minimum atomic E-state index is -0.507. The average molecular weight is 262 g/mol. The normalized spacial score (nSPS) is 10.4. The number of aromatic nitrogens is 3. The average Bonchev–Trinajstić information content (AvgIpc) is 2.68. The van der Waals surface area contributed by atoms with E-state index in [0.29, 0.717) is 5.82 Å². The van der Waals surface area contributed by atoms with Gasteiger partial charge in [-0.15, -0.1) is 0 Å². The van der Waals surface area contributed by atoms with Gasteiger partial charge in [-0.25, -0.2) is 4.98 Å². The summed E-state index contributed by atoms with van der Waals surface area (Å²) < 4.78 is 1.67. The molecule has 100 valence electrons. The molecular weight excluding hydrogens is 248 g/mol. The van der Waals surface area contributed by atoms with Crippen LogP contribution in [0.15, 0.2) is 18.3 Å². The van der Waals surface area contributed by atoms with E-state index in [4.69, 9.17) is 5.73 Å². The van der Waals surface area contributed by atoms with Crippen LogP contribution in [0.3, 0.4) is 0 Å². The van der Waals surface area contributed by atoms with Crippen LogP contribution in [0.4, 0.5) is 23.0 Å². The minimum Gasteiger partial charge on any atom is -0.383 e. The van der Waals surface area contributed by atoms with Gasteiger partial charge in [0, 0.05) is 13.2 Å². The molecule has 8 heteroatoms. The van der Waals surface area contributed by atoms with Crippen LogP contribution in [0.1, 0.15) is 12.6 Å². The smallest absolute Gasteiger partial charge is 0.276 e. The summed E-state index contributed by atoms with van der Waals surface area (Å²) in [6.45, 7) is 1.97. The summed E-state index contributed by atoms with van der Waals surface area (Å²) in [7, 11) is 1.81. The van der Waals surface area contributed by atoms with Crippen molar-refractivity contribution < 1.29 is 4.92 Å². The summed E-state index contributed by atoms with van der Waals surface area (Å²) >= 11 is 0. The van der Waals surface area contributed by atoms with Crippen LogP contribution >= 0.6 is 0 Å². The Morgan fingerprint density at radius 2 is 2.26 bits per heavy atom. The minimum absolute atomic E-state index is 0.0960. The van der Waals surface area contributed by atoms with Gasteiger partial charge in [-0.1, -0.05) is 6.92 Å². The number of nitrogens with zero attached hydrogens (tertiary/aromatic N) is 4. The number of nitro groups is 1. The third kappa shape index (κ3) is 2.79. The quantitative estimate of drug-likeness (QED) is 0.639. The van der Waals surface area contributed by atoms with Crippen LogP contribution in [-0.4, -0.2) is 19.7 Å². The number of aryl methyl sites for hydroxylation is 2. The van der Waals surface area contributed by atoms with E-state index in [0.717, 1.165) is 17.8 Å². The van der Waals surface area contributed by atoms with Crippen LogP contribution in [0.2, 0.25) is 0 Å². The Balaban J connectivity index is 2.35. The van der Waals surface area contributed by atoms with Gasteiger partial charge in [0.05, 0.1) is 28.4 Å². The highest BCUT2D eigenvalue weighted by molar-refractivity contribution is 5.62. The van der Waals surface area contributed by atoms with Crippen LogP contribution in [0, 0.1) is 10.1 Å². The number of hydrogen-bond acceptors (Lipinski definition) is 6. The Bertz CT molecular complexity index is 622. The third-order valence-corrected chi connectivity index (χ3v) is 2.54. The highest BCUT2D eigenvalue weighted by Gasteiger charge is 2.12. The topological polar surface area (TPSA) is 112 Å². The maximum absolute atomic E-state index is 10.8. The molecule has 0 aliphatic carbocycles. The lowest BCUT2D eigenvalue weighted by atomic mass is 10.3. The number of nitrogens with two attached hydrogens (primary N) is 1. The molecule has 8 nitrogen and oxygen atoms in total. The second kappa shape index (κ2) is 4.92.